The zero-order valence-corrected chi connectivity index (χ0v) is 21.3. The molecule has 182 valence electrons. The number of rotatable bonds is 4. The largest absolute Gasteiger partial charge is 0.340 e. The van der Waals surface area contributed by atoms with Crippen molar-refractivity contribution in [3.8, 4) is 0 Å². The molecule has 0 unspecified atom stereocenters. The fourth-order valence-electron chi connectivity index (χ4n) is 7.00. The van der Waals surface area contributed by atoms with E-state index in [-0.39, 0.29) is 0 Å². The first-order chi connectivity index (χ1) is 17.9. The molecule has 0 N–H and O–H groups in total. The minimum Gasteiger partial charge on any atom is -0.340 e. The maximum Gasteiger partial charge on any atom is 0.0488 e. The van der Waals surface area contributed by atoms with Gasteiger partial charge in [-0.1, -0.05) is 73.5 Å². The van der Waals surface area contributed by atoms with Crippen molar-refractivity contribution in [2.75, 3.05) is 0 Å². The summed E-state index contributed by atoms with van der Waals surface area (Å²) >= 11 is 0. The second-order valence-corrected chi connectivity index (χ2v) is 11.0. The second kappa shape index (κ2) is 9.32. The van der Waals surface area contributed by atoms with Gasteiger partial charge in [0.15, 0.2) is 0 Å². The lowest BCUT2D eigenvalue weighted by atomic mass is 10.1. The molecule has 0 fully saturated rings. The van der Waals surface area contributed by atoms with Crippen LogP contribution in [-0.2, 0) is 38.8 Å². The van der Waals surface area contributed by atoms with Gasteiger partial charge >= 0.3 is 0 Å². The van der Waals surface area contributed by atoms with E-state index < -0.39 is 0 Å². The first-order valence-electron chi connectivity index (χ1n) is 14.1. The Hall–Kier alpha value is -3.26. The van der Waals surface area contributed by atoms with Crippen LogP contribution in [0.3, 0.4) is 0 Å². The average molecular weight is 473 g/mol. The molecule has 0 saturated heterocycles. The van der Waals surface area contributed by atoms with Crippen LogP contribution in [0.2, 0.25) is 0 Å². The summed E-state index contributed by atoms with van der Waals surface area (Å²) < 4.78 is 5.23. The molecule has 0 radical (unpaired) electrons. The van der Waals surface area contributed by atoms with Gasteiger partial charge in [-0.25, -0.2) is 0 Å². The predicted octanol–water partition coefficient (Wildman–Crippen LogP) is 8.23. The van der Waals surface area contributed by atoms with Crippen molar-refractivity contribution in [1.29, 1.82) is 0 Å². The molecule has 2 aliphatic rings. The van der Waals surface area contributed by atoms with Crippen LogP contribution in [0, 0.1) is 0 Å². The van der Waals surface area contributed by atoms with E-state index >= 15 is 0 Å². The molecular formula is C34H36N2. The van der Waals surface area contributed by atoms with Crippen molar-refractivity contribution in [3.05, 3.63) is 106 Å². The lowest BCUT2D eigenvalue weighted by Crippen LogP contribution is -2.07. The van der Waals surface area contributed by atoms with E-state index in [1.807, 2.05) is 0 Å². The summed E-state index contributed by atoms with van der Waals surface area (Å²) in [5.41, 5.74) is 12.0. The quantitative estimate of drug-likeness (QED) is 0.233. The van der Waals surface area contributed by atoms with Crippen molar-refractivity contribution >= 4 is 21.8 Å². The smallest absolute Gasteiger partial charge is 0.0488 e. The van der Waals surface area contributed by atoms with E-state index in [4.69, 9.17) is 0 Å². The first-order valence-corrected chi connectivity index (χ1v) is 14.1. The molecule has 2 nitrogen and oxygen atoms in total. The topological polar surface area (TPSA) is 9.86 Å². The van der Waals surface area contributed by atoms with Crippen LogP contribution in [-0.4, -0.2) is 9.13 Å². The van der Waals surface area contributed by atoms with Gasteiger partial charge in [0, 0.05) is 46.3 Å². The van der Waals surface area contributed by atoms with Crippen LogP contribution in [0.5, 0.6) is 0 Å². The number of nitrogens with zero attached hydrogens (tertiary/aromatic N) is 2. The number of benzene rings is 3. The predicted molar refractivity (Wildman–Crippen MR) is 151 cm³/mol. The Kier molecular flexibility index (Phi) is 5.69. The molecule has 7 rings (SSSR count). The lowest BCUT2D eigenvalue weighted by molar-refractivity contribution is 0.686. The fraction of sp³-hybridized carbons (Fsp3) is 0.353. The van der Waals surface area contributed by atoms with Gasteiger partial charge in [-0.15, -0.1) is 0 Å². The molecule has 0 atom stereocenters. The molecule has 2 aliphatic carbocycles. The highest BCUT2D eigenvalue weighted by Gasteiger charge is 2.20. The number of para-hydroxylation sites is 2. The number of hydrogen-bond donors (Lipinski definition) is 0. The summed E-state index contributed by atoms with van der Waals surface area (Å²) in [5.74, 6) is 0. The third-order valence-corrected chi connectivity index (χ3v) is 8.77. The van der Waals surface area contributed by atoms with E-state index in [9.17, 15) is 0 Å². The fourth-order valence-corrected chi connectivity index (χ4v) is 7.00. The SMILES string of the molecule is c1ccc2c(c1)c1c(n2Cc2ccc(Cn3c4c(c5ccccc53)CCCCC4)cc2)CCCCC1. The highest BCUT2D eigenvalue weighted by atomic mass is 15.0. The van der Waals surface area contributed by atoms with Crippen LogP contribution < -0.4 is 0 Å². The number of fused-ring (bicyclic) bond motifs is 6. The van der Waals surface area contributed by atoms with Gasteiger partial charge in [0.2, 0.25) is 0 Å². The maximum atomic E-state index is 2.62. The third-order valence-electron chi connectivity index (χ3n) is 8.77. The van der Waals surface area contributed by atoms with Crippen LogP contribution >= 0.6 is 0 Å². The van der Waals surface area contributed by atoms with E-state index in [2.05, 4.69) is 81.9 Å². The lowest BCUT2D eigenvalue weighted by Gasteiger charge is -2.14. The summed E-state index contributed by atoms with van der Waals surface area (Å²) in [4.78, 5) is 0. The van der Waals surface area contributed by atoms with Crippen LogP contribution in [0.4, 0.5) is 0 Å². The standard InChI is InChI=1S/C34H36N2/c1-3-11-27-29-13-7-9-17-33(29)35(31(27)15-5-1)23-25-19-21-26(22-20-25)24-36-32-16-6-2-4-12-28(32)30-14-8-10-18-34(30)36/h7-10,13-14,17-22H,1-6,11-12,15-16,23-24H2. The molecule has 36 heavy (non-hydrogen) atoms. The second-order valence-electron chi connectivity index (χ2n) is 11.0. The van der Waals surface area contributed by atoms with Gasteiger partial charge in [0.1, 0.15) is 0 Å². The van der Waals surface area contributed by atoms with E-state index in [1.54, 1.807) is 22.5 Å². The van der Waals surface area contributed by atoms with Crippen molar-refractivity contribution < 1.29 is 0 Å². The molecule has 0 aliphatic heterocycles. The monoisotopic (exact) mass is 472 g/mol. The van der Waals surface area contributed by atoms with Crippen LogP contribution in [0.25, 0.3) is 21.8 Å². The van der Waals surface area contributed by atoms with E-state index in [0.717, 1.165) is 13.1 Å². The number of aromatic nitrogens is 2. The molecule has 0 saturated carbocycles. The summed E-state index contributed by atoms with van der Waals surface area (Å²) in [6, 6.07) is 27.6. The molecule has 2 heteroatoms. The van der Waals surface area contributed by atoms with Crippen LogP contribution in [0.15, 0.2) is 72.8 Å². The molecule has 0 spiro atoms. The summed E-state index contributed by atoms with van der Waals surface area (Å²) in [5, 5.41) is 2.96. The highest BCUT2D eigenvalue weighted by molar-refractivity contribution is 5.86. The molecule has 5 aromatic rings. The minimum absolute atomic E-state index is 0.970. The van der Waals surface area contributed by atoms with E-state index in [0.29, 0.717) is 0 Å². The Balaban J connectivity index is 1.20. The summed E-state index contributed by atoms with van der Waals surface area (Å²) in [6.07, 6.45) is 12.9. The first kappa shape index (κ1) is 22.0. The van der Waals surface area contributed by atoms with Gasteiger partial charge < -0.3 is 9.13 Å². The number of hydrogen-bond acceptors (Lipinski definition) is 0. The van der Waals surface area contributed by atoms with Crippen molar-refractivity contribution in [2.45, 2.75) is 77.3 Å². The van der Waals surface area contributed by atoms with Crippen molar-refractivity contribution in [1.82, 2.24) is 9.13 Å². The summed E-state index contributed by atoms with van der Waals surface area (Å²) in [6.45, 7) is 1.94. The Morgan fingerprint density at radius 1 is 0.444 bits per heavy atom. The zero-order chi connectivity index (χ0) is 23.9. The Morgan fingerprint density at radius 3 is 1.33 bits per heavy atom. The maximum absolute atomic E-state index is 2.62. The highest BCUT2D eigenvalue weighted by Crippen LogP contribution is 2.33. The molecule has 0 amide bonds. The Morgan fingerprint density at radius 2 is 0.861 bits per heavy atom. The van der Waals surface area contributed by atoms with Gasteiger partial charge in [-0.05, 0) is 85.8 Å². The van der Waals surface area contributed by atoms with Crippen molar-refractivity contribution in [3.63, 3.8) is 0 Å². The van der Waals surface area contributed by atoms with Gasteiger partial charge in [0.25, 0.3) is 0 Å². The number of aryl methyl sites for hydroxylation is 2. The Labute approximate surface area is 214 Å². The Bertz CT molecular complexity index is 1410. The van der Waals surface area contributed by atoms with Gasteiger partial charge in [-0.2, -0.15) is 0 Å². The van der Waals surface area contributed by atoms with Crippen molar-refractivity contribution in [2.24, 2.45) is 0 Å². The molecule has 2 heterocycles. The molecule has 2 aromatic heterocycles. The average Bonchev–Trinajstić information content (AvgIpc) is 3.14. The molecule has 0 bridgehead atoms. The zero-order valence-electron chi connectivity index (χ0n) is 21.3. The van der Waals surface area contributed by atoms with E-state index in [1.165, 1.54) is 97.1 Å². The molecular weight excluding hydrogens is 436 g/mol. The normalized spacial score (nSPS) is 16.0. The van der Waals surface area contributed by atoms with Crippen LogP contribution in [0.1, 0.15) is 72.2 Å². The molecule has 3 aromatic carbocycles. The van der Waals surface area contributed by atoms with Gasteiger partial charge in [-0.3, -0.25) is 0 Å². The summed E-state index contributed by atoms with van der Waals surface area (Å²) in [7, 11) is 0. The minimum atomic E-state index is 0.970. The third kappa shape index (κ3) is 3.79. The van der Waals surface area contributed by atoms with Gasteiger partial charge in [0.05, 0.1) is 0 Å².